The lowest BCUT2D eigenvalue weighted by Crippen LogP contribution is -2.11. The highest BCUT2D eigenvalue weighted by Crippen LogP contribution is 2.19. The SMILES string of the molecule is C=CCC(Cc1ccccc1)=C(CC(=O)O)C(=O)O. The highest BCUT2D eigenvalue weighted by Gasteiger charge is 2.17. The minimum Gasteiger partial charge on any atom is -0.481 e. The van der Waals surface area contributed by atoms with Crippen molar-refractivity contribution in [2.24, 2.45) is 0 Å². The van der Waals surface area contributed by atoms with Crippen molar-refractivity contribution in [3.63, 3.8) is 0 Å². The zero-order valence-corrected chi connectivity index (χ0v) is 10.5. The van der Waals surface area contributed by atoms with E-state index in [2.05, 4.69) is 6.58 Å². The first-order valence-corrected chi connectivity index (χ1v) is 5.85. The van der Waals surface area contributed by atoms with Gasteiger partial charge in [-0.15, -0.1) is 6.58 Å². The second kappa shape index (κ2) is 7.16. The van der Waals surface area contributed by atoms with Gasteiger partial charge in [0.25, 0.3) is 0 Å². The normalized spacial score (nSPS) is 11.6. The van der Waals surface area contributed by atoms with E-state index in [1.54, 1.807) is 6.08 Å². The monoisotopic (exact) mass is 260 g/mol. The summed E-state index contributed by atoms with van der Waals surface area (Å²) < 4.78 is 0. The maximum atomic E-state index is 11.2. The van der Waals surface area contributed by atoms with Gasteiger partial charge in [0.1, 0.15) is 0 Å². The molecule has 0 fully saturated rings. The number of carboxylic acids is 2. The summed E-state index contributed by atoms with van der Waals surface area (Å²) in [6.07, 6.45) is 1.89. The highest BCUT2D eigenvalue weighted by atomic mass is 16.4. The molecule has 0 aliphatic rings. The molecule has 4 heteroatoms. The van der Waals surface area contributed by atoms with Gasteiger partial charge in [0, 0.05) is 5.57 Å². The Balaban J connectivity index is 3.10. The van der Waals surface area contributed by atoms with Crippen molar-refractivity contribution in [1.82, 2.24) is 0 Å². The summed E-state index contributed by atoms with van der Waals surface area (Å²) in [4.78, 5) is 21.9. The third-order valence-corrected chi connectivity index (χ3v) is 2.66. The van der Waals surface area contributed by atoms with Gasteiger partial charge < -0.3 is 10.2 Å². The molecule has 0 radical (unpaired) electrons. The highest BCUT2D eigenvalue weighted by molar-refractivity contribution is 5.93. The Morgan fingerprint density at radius 1 is 1.16 bits per heavy atom. The van der Waals surface area contributed by atoms with Crippen LogP contribution in [0.1, 0.15) is 18.4 Å². The topological polar surface area (TPSA) is 74.6 Å². The smallest absolute Gasteiger partial charge is 0.332 e. The van der Waals surface area contributed by atoms with E-state index in [9.17, 15) is 9.59 Å². The Kier molecular flexibility index (Phi) is 5.54. The molecule has 100 valence electrons. The molecular formula is C15H16O4. The molecule has 0 aromatic heterocycles. The summed E-state index contributed by atoms with van der Waals surface area (Å²) in [5.41, 5.74) is 1.47. The van der Waals surface area contributed by atoms with Crippen LogP contribution in [0.2, 0.25) is 0 Å². The third-order valence-electron chi connectivity index (χ3n) is 2.66. The minimum atomic E-state index is -1.19. The zero-order chi connectivity index (χ0) is 14.3. The molecule has 1 aromatic rings. The molecular weight excluding hydrogens is 244 g/mol. The molecule has 4 nitrogen and oxygen atoms in total. The maximum Gasteiger partial charge on any atom is 0.332 e. The summed E-state index contributed by atoms with van der Waals surface area (Å²) in [7, 11) is 0. The van der Waals surface area contributed by atoms with Gasteiger partial charge in [0.2, 0.25) is 0 Å². The van der Waals surface area contributed by atoms with Crippen LogP contribution in [0.15, 0.2) is 54.1 Å². The van der Waals surface area contributed by atoms with Gasteiger partial charge in [0.15, 0.2) is 0 Å². The van der Waals surface area contributed by atoms with Crippen LogP contribution in [-0.2, 0) is 16.0 Å². The van der Waals surface area contributed by atoms with Gasteiger partial charge >= 0.3 is 11.9 Å². The fourth-order valence-electron chi connectivity index (χ4n) is 1.82. The standard InChI is InChI=1S/C15H16O4/c1-2-6-12(9-11-7-4-3-5-8-11)13(15(18)19)10-14(16)17/h2-5,7-8H,1,6,9-10H2,(H,16,17)(H,18,19). The van der Waals surface area contributed by atoms with Crippen LogP contribution >= 0.6 is 0 Å². The number of carboxylic acid groups (broad SMARTS) is 2. The van der Waals surface area contributed by atoms with Crippen LogP contribution in [0.25, 0.3) is 0 Å². The lowest BCUT2D eigenvalue weighted by atomic mass is 9.95. The van der Waals surface area contributed by atoms with Crippen molar-refractivity contribution in [3.05, 3.63) is 59.7 Å². The van der Waals surface area contributed by atoms with Crippen molar-refractivity contribution in [2.75, 3.05) is 0 Å². The van der Waals surface area contributed by atoms with Crippen LogP contribution < -0.4 is 0 Å². The molecule has 0 aliphatic heterocycles. The Labute approximate surface area is 111 Å². The third kappa shape index (κ3) is 4.79. The molecule has 0 saturated heterocycles. The van der Waals surface area contributed by atoms with E-state index in [1.807, 2.05) is 30.3 Å². The molecule has 19 heavy (non-hydrogen) atoms. The van der Waals surface area contributed by atoms with E-state index in [1.165, 1.54) is 0 Å². The minimum absolute atomic E-state index is 0.0590. The van der Waals surface area contributed by atoms with E-state index in [0.717, 1.165) is 5.56 Å². The van der Waals surface area contributed by atoms with Crippen LogP contribution in [0.5, 0.6) is 0 Å². The average molecular weight is 260 g/mol. The number of aliphatic carboxylic acids is 2. The number of rotatable bonds is 7. The fourth-order valence-corrected chi connectivity index (χ4v) is 1.82. The predicted molar refractivity (Wildman–Crippen MR) is 71.9 cm³/mol. The largest absolute Gasteiger partial charge is 0.481 e. The first-order chi connectivity index (χ1) is 9.04. The summed E-state index contributed by atoms with van der Waals surface area (Å²) in [6, 6.07) is 9.35. The number of allylic oxidation sites excluding steroid dienone is 2. The molecule has 0 aliphatic carbocycles. The van der Waals surface area contributed by atoms with E-state index in [0.29, 0.717) is 18.4 Å². The summed E-state index contributed by atoms with van der Waals surface area (Å²) in [5.74, 6) is -2.33. The number of hydrogen-bond donors (Lipinski definition) is 2. The Morgan fingerprint density at radius 2 is 1.79 bits per heavy atom. The van der Waals surface area contributed by atoms with E-state index < -0.39 is 18.4 Å². The molecule has 0 amide bonds. The fraction of sp³-hybridized carbons (Fsp3) is 0.200. The molecule has 1 aromatic carbocycles. The second-order valence-electron chi connectivity index (χ2n) is 4.11. The van der Waals surface area contributed by atoms with Gasteiger partial charge in [-0.1, -0.05) is 42.0 Å². The van der Waals surface area contributed by atoms with Gasteiger partial charge in [-0.05, 0) is 18.4 Å². The number of hydrogen-bond acceptors (Lipinski definition) is 2. The predicted octanol–water partition coefficient (Wildman–Crippen LogP) is 2.66. The lowest BCUT2D eigenvalue weighted by Gasteiger charge is -2.10. The van der Waals surface area contributed by atoms with Crippen molar-refractivity contribution >= 4 is 11.9 Å². The molecule has 0 spiro atoms. The van der Waals surface area contributed by atoms with Crippen molar-refractivity contribution in [2.45, 2.75) is 19.3 Å². The molecule has 0 unspecified atom stereocenters. The lowest BCUT2D eigenvalue weighted by molar-refractivity contribution is -0.139. The molecule has 0 heterocycles. The maximum absolute atomic E-state index is 11.2. The summed E-state index contributed by atoms with van der Waals surface area (Å²) in [6.45, 7) is 3.59. The van der Waals surface area contributed by atoms with Crippen molar-refractivity contribution in [3.8, 4) is 0 Å². The Morgan fingerprint density at radius 3 is 2.26 bits per heavy atom. The van der Waals surface area contributed by atoms with Crippen LogP contribution in [0.4, 0.5) is 0 Å². The van der Waals surface area contributed by atoms with Crippen molar-refractivity contribution < 1.29 is 19.8 Å². The first-order valence-electron chi connectivity index (χ1n) is 5.85. The van der Waals surface area contributed by atoms with E-state index >= 15 is 0 Å². The van der Waals surface area contributed by atoms with Crippen LogP contribution in [0.3, 0.4) is 0 Å². The molecule has 0 bridgehead atoms. The summed E-state index contributed by atoms with van der Waals surface area (Å²) in [5, 5.41) is 17.9. The van der Waals surface area contributed by atoms with E-state index in [-0.39, 0.29) is 5.57 Å². The van der Waals surface area contributed by atoms with Crippen LogP contribution in [-0.4, -0.2) is 22.2 Å². The number of carbonyl (C=O) groups is 2. The van der Waals surface area contributed by atoms with Gasteiger partial charge in [-0.25, -0.2) is 4.79 Å². The van der Waals surface area contributed by atoms with Gasteiger partial charge in [-0.3, -0.25) is 4.79 Å². The molecule has 0 atom stereocenters. The molecule has 0 saturated carbocycles. The van der Waals surface area contributed by atoms with Gasteiger partial charge in [0.05, 0.1) is 6.42 Å². The quantitative estimate of drug-likeness (QED) is 0.584. The van der Waals surface area contributed by atoms with Gasteiger partial charge in [-0.2, -0.15) is 0 Å². The van der Waals surface area contributed by atoms with E-state index in [4.69, 9.17) is 10.2 Å². The summed E-state index contributed by atoms with van der Waals surface area (Å²) >= 11 is 0. The zero-order valence-electron chi connectivity index (χ0n) is 10.5. The average Bonchev–Trinajstić information content (AvgIpc) is 2.36. The Hall–Kier alpha value is -2.36. The number of benzene rings is 1. The Bertz CT molecular complexity index is 500. The molecule has 2 N–H and O–H groups in total. The first kappa shape index (κ1) is 14.7. The van der Waals surface area contributed by atoms with Crippen LogP contribution in [0, 0.1) is 0 Å². The molecule has 1 rings (SSSR count). The second-order valence-corrected chi connectivity index (χ2v) is 4.11. The van der Waals surface area contributed by atoms with Crippen molar-refractivity contribution in [1.29, 1.82) is 0 Å².